The molecule has 2 rings (SSSR count). The monoisotopic (exact) mass is 288 g/mol. The molecule has 1 unspecified atom stereocenters. The molecule has 0 aliphatic carbocycles. The van der Waals surface area contributed by atoms with Gasteiger partial charge in [-0.15, -0.1) is 0 Å². The summed E-state index contributed by atoms with van der Waals surface area (Å²) >= 11 is 0. The Hall–Kier alpha value is -1.88. The lowest BCUT2D eigenvalue weighted by atomic mass is 10.0. The van der Waals surface area contributed by atoms with Crippen molar-refractivity contribution in [3.05, 3.63) is 41.5 Å². The maximum absolute atomic E-state index is 5.50. The maximum Gasteiger partial charge on any atom is 0.161 e. The summed E-state index contributed by atoms with van der Waals surface area (Å²) in [6.07, 6.45) is 4.74. The minimum absolute atomic E-state index is 0.0344. The second-order valence-corrected chi connectivity index (χ2v) is 5.04. The van der Waals surface area contributed by atoms with E-state index in [1.165, 1.54) is 0 Å². The molecule has 2 aromatic heterocycles. The first-order valence-electron chi connectivity index (χ1n) is 7.46. The Labute approximate surface area is 126 Å². The number of nitrogens with one attached hydrogen (secondary N) is 1. The molecule has 114 valence electrons. The zero-order valence-electron chi connectivity index (χ0n) is 13.3. The van der Waals surface area contributed by atoms with Crippen molar-refractivity contribution in [1.29, 1.82) is 0 Å². The van der Waals surface area contributed by atoms with Crippen LogP contribution in [0.3, 0.4) is 0 Å². The predicted molar refractivity (Wildman–Crippen MR) is 83.6 cm³/mol. The fourth-order valence-electron chi connectivity index (χ4n) is 2.44. The Morgan fingerprint density at radius 2 is 2.10 bits per heavy atom. The van der Waals surface area contributed by atoms with Gasteiger partial charge in [0.05, 0.1) is 19.3 Å². The van der Waals surface area contributed by atoms with Crippen molar-refractivity contribution >= 4 is 0 Å². The number of methoxy groups -OCH3 is 1. The van der Waals surface area contributed by atoms with Gasteiger partial charge in [-0.2, -0.15) is 5.10 Å². The van der Waals surface area contributed by atoms with Gasteiger partial charge < -0.3 is 10.1 Å². The minimum atomic E-state index is 0.0344. The van der Waals surface area contributed by atoms with Crippen molar-refractivity contribution in [2.45, 2.75) is 39.8 Å². The summed E-state index contributed by atoms with van der Waals surface area (Å²) in [7, 11) is 1.69. The number of aromatic nitrogens is 3. The number of hydrogen-bond donors (Lipinski definition) is 1. The van der Waals surface area contributed by atoms with Gasteiger partial charge in [0.25, 0.3) is 0 Å². The lowest BCUT2D eigenvalue weighted by molar-refractivity contribution is 0.398. The van der Waals surface area contributed by atoms with E-state index in [2.05, 4.69) is 35.3 Å². The molecule has 21 heavy (non-hydrogen) atoms. The van der Waals surface area contributed by atoms with Crippen LogP contribution in [0, 0.1) is 6.92 Å². The van der Waals surface area contributed by atoms with Crippen molar-refractivity contribution in [2.24, 2.45) is 0 Å². The van der Waals surface area contributed by atoms with Crippen LogP contribution in [0.2, 0.25) is 0 Å². The molecule has 0 bridgehead atoms. The Morgan fingerprint density at radius 3 is 2.67 bits per heavy atom. The first-order valence-corrected chi connectivity index (χ1v) is 7.46. The van der Waals surface area contributed by atoms with Crippen LogP contribution in [0.15, 0.2) is 24.5 Å². The van der Waals surface area contributed by atoms with Crippen LogP contribution in [0.25, 0.3) is 0 Å². The smallest absolute Gasteiger partial charge is 0.161 e. The lowest BCUT2D eigenvalue weighted by Crippen LogP contribution is -2.25. The third kappa shape index (κ3) is 3.42. The molecule has 2 aromatic rings. The van der Waals surface area contributed by atoms with E-state index >= 15 is 0 Å². The van der Waals surface area contributed by atoms with Gasteiger partial charge in [-0.3, -0.25) is 9.67 Å². The molecule has 5 heteroatoms. The van der Waals surface area contributed by atoms with E-state index in [-0.39, 0.29) is 6.04 Å². The molecule has 0 spiro atoms. The number of rotatable bonds is 7. The molecular formula is C16H24N4O. The number of nitrogens with zero attached hydrogens (tertiary/aromatic N) is 3. The second kappa shape index (κ2) is 7.22. The van der Waals surface area contributed by atoms with Gasteiger partial charge in [0.2, 0.25) is 0 Å². The standard InChI is InChI=1S/C16H24N4O/c1-5-9-20-16(14(21-4)11-19-20)15(17-6-2)13-8-7-12(3)18-10-13/h7-8,10-11,15,17H,5-6,9H2,1-4H3. The molecular weight excluding hydrogens is 264 g/mol. The molecule has 0 radical (unpaired) electrons. The average Bonchev–Trinajstić information content (AvgIpc) is 2.89. The molecule has 1 atom stereocenters. The highest BCUT2D eigenvalue weighted by Crippen LogP contribution is 2.30. The first-order chi connectivity index (χ1) is 10.2. The van der Waals surface area contributed by atoms with Crippen LogP contribution < -0.4 is 10.1 Å². The fourth-order valence-corrected chi connectivity index (χ4v) is 2.44. The van der Waals surface area contributed by atoms with Crippen LogP contribution in [0.1, 0.15) is 43.3 Å². The van der Waals surface area contributed by atoms with E-state index < -0.39 is 0 Å². The molecule has 0 aromatic carbocycles. The van der Waals surface area contributed by atoms with E-state index in [4.69, 9.17) is 4.74 Å². The van der Waals surface area contributed by atoms with Crippen molar-refractivity contribution in [3.63, 3.8) is 0 Å². The Balaban J connectivity index is 2.46. The zero-order valence-corrected chi connectivity index (χ0v) is 13.3. The first kappa shape index (κ1) is 15.5. The van der Waals surface area contributed by atoms with Crippen LogP contribution >= 0.6 is 0 Å². The van der Waals surface area contributed by atoms with Gasteiger partial charge in [-0.1, -0.05) is 19.9 Å². The van der Waals surface area contributed by atoms with Crippen LogP contribution in [0.4, 0.5) is 0 Å². The quantitative estimate of drug-likeness (QED) is 0.851. The van der Waals surface area contributed by atoms with E-state index in [0.717, 1.165) is 42.2 Å². The molecule has 1 N–H and O–H groups in total. The van der Waals surface area contributed by atoms with Crippen molar-refractivity contribution in [2.75, 3.05) is 13.7 Å². The summed E-state index contributed by atoms with van der Waals surface area (Å²) in [6, 6.07) is 4.18. The third-order valence-electron chi connectivity index (χ3n) is 3.45. The highest BCUT2D eigenvalue weighted by atomic mass is 16.5. The summed E-state index contributed by atoms with van der Waals surface area (Å²) in [5.41, 5.74) is 3.20. The Kier molecular flexibility index (Phi) is 5.33. The molecule has 0 saturated carbocycles. The van der Waals surface area contributed by atoms with Crippen molar-refractivity contribution < 1.29 is 4.74 Å². The van der Waals surface area contributed by atoms with Crippen molar-refractivity contribution in [3.8, 4) is 5.75 Å². The highest BCUT2D eigenvalue weighted by molar-refractivity contribution is 5.35. The second-order valence-electron chi connectivity index (χ2n) is 5.04. The number of aryl methyl sites for hydroxylation is 2. The summed E-state index contributed by atoms with van der Waals surface area (Å²) in [4.78, 5) is 4.41. The minimum Gasteiger partial charge on any atom is -0.493 e. The Morgan fingerprint density at radius 1 is 1.29 bits per heavy atom. The summed E-state index contributed by atoms with van der Waals surface area (Å²) in [5, 5.41) is 7.97. The van der Waals surface area contributed by atoms with Gasteiger partial charge in [-0.05, 0) is 31.5 Å². The largest absolute Gasteiger partial charge is 0.493 e. The zero-order chi connectivity index (χ0) is 15.2. The summed E-state index contributed by atoms with van der Waals surface area (Å²) < 4.78 is 7.52. The molecule has 5 nitrogen and oxygen atoms in total. The van der Waals surface area contributed by atoms with Crippen LogP contribution in [-0.2, 0) is 6.54 Å². The van der Waals surface area contributed by atoms with Gasteiger partial charge in [0.15, 0.2) is 5.75 Å². The van der Waals surface area contributed by atoms with Gasteiger partial charge >= 0.3 is 0 Å². The molecule has 0 amide bonds. The van der Waals surface area contributed by atoms with Gasteiger partial charge in [0, 0.05) is 18.4 Å². The van der Waals surface area contributed by atoms with E-state index in [1.807, 2.05) is 23.9 Å². The maximum atomic E-state index is 5.50. The Bertz CT molecular complexity index is 562. The molecule has 2 heterocycles. The van der Waals surface area contributed by atoms with Crippen molar-refractivity contribution in [1.82, 2.24) is 20.1 Å². The topological polar surface area (TPSA) is 52.0 Å². The van der Waals surface area contributed by atoms with Crippen LogP contribution in [0.5, 0.6) is 5.75 Å². The number of hydrogen-bond acceptors (Lipinski definition) is 4. The third-order valence-corrected chi connectivity index (χ3v) is 3.45. The normalized spacial score (nSPS) is 12.4. The van der Waals surface area contributed by atoms with E-state index in [9.17, 15) is 0 Å². The number of ether oxygens (including phenoxy) is 1. The molecule has 0 saturated heterocycles. The fraction of sp³-hybridized carbons (Fsp3) is 0.500. The van der Waals surface area contributed by atoms with E-state index in [1.54, 1.807) is 13.3 Å². The predicted octanol–water partition coefficient (Wildman–Crippen LogP) is 2.70. The lowest BCUT2D eigenvalue weighted by Gasteiger charge is -2.21. The summed E-state index contributed by atoms with van der Waals surface area (Å²) in [5.74, 6) is 0.815. The SMILES string of the molecule is CCCn1ncc(OC)c1C(NCC)c1ccc(C)nc1. The van der Waals surface area contributed by atoms with E-state index in [0.29, 0.717) is 0 Å². The van der Waals surface area contributed by atoms with Gasteiger partial charge in [0.1, 0.15) is 5.69 Å². The highest BCUT2D eigenvalue weighted by Gasteiger charge is 2.23. The summed E-state index contributed by atoms with van der Waals surface area (Å²) in [6.45, 7) is 7.97. The molecule has 0 aliphatic heterocycles. The van der Waals surface area contributed by atoms with Gasteiger partial charge in [-0.25, -0.2) is 0 Å². The molecule has 0 fully saturated rings. The van der Waals surface area contributed by atoms with Crippen LogP contribution in [-0.4, -0.2) is 28.4 Å². The number of pyridine rings is 1. The average molecular weight is 288 g/mol. The molecule has 0 aliphatic rings.